The van der Waals surface area contributed by atoms with E-state index in [-0.39, 0.29) is 17.1 Å². The quantitative estimate of drug-likeness (QED) is 0.654. The lowest BCUT2D eigenvalue weighted by atomic mass is 10.1. The summed E-state index contributed by atoms with van der Waals surface area (Å²) in [5.41, 5.74) is 0.927. The number of nitrogens with zero attached hydrogens (tertiary/aromatic N) is 1. The number of methoxy groups -OCH3 is 1. The number of ether oxygens (including phenoxy) is 1. The standard InChI is InChI=1S/C15H15FN2O3/c1-21-15-10-13(12(16)9-14(15)18(19)20)17-8-7-11-5-3-2-4-6-11/h2-6,9-10,17H,7-8H2,1H3. The number of nitrogens with one attached hydrogen (secondary N) is 1. The Morgan fingerprint density at radius 3 is 2.62 bits per heavy atom. The number of hydrogen-bond acceptors (Lipinski definition) is 4. The van der Waals surface area contributed by atoms with Gasteiger partial charge >= 0.3 is 5.69 Å². The summed E-state index contributed by atoms with van der Waals surface area (Å²) in [5.74, 6) is -0.640. The van der Waals surface area contributed by atoms with Crippen LogP contribution in [0.4, 0.5) is 15.8 Å². The Morgan fingerprint density at radius 1 is 1.29 bits per heavy atom. The maximum absolute atomic E-state index is 13.8. The molecule has 0 bridgehead atoms. The van der Waals surface area contributed by atoms with Crippen LogP contribution in [0.1, 0.15) is 5.56 Å². The molecule has 2 rings (SSSR count). The number of nitro benzene ring substituents is 1. The monoisotopic (exact) mass is 290 g/mol. The second kappa shape index (κ2) is 6.69. The maximum Gasteiger partial charge on any atom is 0.313 e. The molecule has 0 spiro atoms. The van der Waals surface area contributed by atoms with Gasteiger partial charge in [-0.15, -0.1) is 0 Å². The molecule has 21 heavy (non-hydrogen) atoms. The Hall–Kier alpha value is -2.63. The number of halogens is 1. The van der Waals surface area contributed by atoms with E-state index in [4.69, 9.17) is 4.74 Å². The van der Waals surface area contributed by atoms with Gasteiger partial charge in [0.2, 0.25) is 0 Å². The number of rotatable bonds is 6. The minimum atomic E-state index is -0.671. The predicted octanol–water partition coefficient (Wildman–Crippen LogP) is 3.40. The van der Waals surface area contributed by atoms with Gasteiger partial charge in [0.05, 0.1) is 23.8 Å². The molecule has 0 unspecified atom stereocenters. The zero-order valence-electron chi connectivity index (χ0n) is 11.5. The van der Waals surface area contributed by atoms with Crippen molar-refractivity contribution in [1.82, 2.24) is 0 Å². The van der Waals surface area contributed by atoms with Gasteiger partial charge < -0.3 is 10.1 Å². The van der Waals surface area contributed by atoms with Crippen LogP contribution in [0.2, 0.25) is 0 Å². The second-order valence-corrected chi connectivity index (χ2v) is 4.42. The van der Waals surface area contributed by atoms with Gasteiger partial charge in [-0.2, -0.15) is 0 Å². The molecule has 0 fully saturated rings. The molecule has 0 amide bonds. The summed E-state index contributed by atoms with van der Waals surface area (Å²) < 4.78 is 18.7. The topological polar surface area (TPSA) is 64.4 Å². The Kier molecular flexibility index (Phi) is 4.71. The van der Waals surface area contributed by atoms with Gasteiger partial charge in [0.1, 0.15) is 0 Å². The van der Waals surface area contributed by atoms with Crippen molar-refractivity contribution in [1.29, 1.82) is 0 Å². The van der Waals surface area contributed by atoms with Crippen LogP contribution in [0.25, 0.3) is 0 Å². The lowest BCUT2D eigenvalue weighted by Crippen LogP contribution is -2.07. The summed E-state index contributed by atoms with van der Waals surface area (Å²) in [6, 6.07) is 11.9. The van der Waals surface area contributed by atoms with Crippen LogP contribution in [0.15, 0.2) is 42.5 Å². The molecule has 0 radical (unpaired) electrons. The number of hydrogen-bond donors (Lipinski definition) is 1. The van der Waals surface area contributed by atoms with Crippen molar-refractivity contribution in [2.45, 2.75) is 6.42 Å². The average molecular weight is 290 g/mol. The minimum Gasteiger partial charge on any atom is -0.490 e. The van der Waals surface area contributed by atoms with Crippen molar-refractivity contribution in [3.8, 4) is 5.75 Å². The first kappa shape index (κ1) is 14.8. The number of nitro groups is 1. The summed E-state index contributed by atoms with van der Waals surface area (Å²) in [6.45, 7) is 0.516. The Bertz CT molecular complexity index is 632. The van der Waals surface area contributed by atoms with E-state index in [2.05, 4.69) is 5.32 Å². The lowest BCUT2D eigenvalue weighted by molar-refractivity contribution is -0.385. The average Bonchev–Trinajstić information content (AvgIpc) is 2.49. The van der Waals surface area contributed by atoms with Crippen LogP contribution >= 0.6 is 0 Å². The molecule has 0 aromatic heterocycles. The molecule has 0 aliphatic carbocycles. The lowest BCUT2D eigenvalue weighted by Gasteiger charge is -2.10. The van der Waals surface area contributed by atoms with Gasteiger partial charge in [-0.05, 0) is 12.0 Å². The van der Waals surface area contributed by atoms with Gasteiger partial charge in [0, 0.05) is 12.6 Å². The largest absolute Gasteiger partial charge is 0.490 e. The summed E-state index contributed by atoms with van der Waals surface area (Å²) in [5, 5.41) is 13.7. The van der Waals surface area contributed by atoms with Crippen LogP contribution in [0, 0.1) is 15.9 Å². The van der Waals surface area contributed by atoms with Crippen molar-refractivity contribution in [3.05, 3.63) is 64.0 Å². The normalized spacial score (nSPS) is 10.2. The molecule has 1 N–H and O–H groups in total. The van der Waals surface area contributed by atoms with Crippen molar-refractivity contribution in [3.63, 3.8) is 0 Å². The van der Waals surface area contributed by atoms with Gasteiger partial charge in [-0.3, -0.25) is 10.1 Å². The van der Waals surface area contributed by atoms with Crippen LogP contribution in [-0.4, -0.2) is 18.6 Å². The van der Waals surface area contributed by atoms with E-state index in [9.17, 15) is 14.5 Å². The van der Waals surface area contributed by atoms with Gasteiger partial charge in [0.15, 0.2) is 11.6 Å². The molecular formula is C15H15FN2O3. The molecule has 2 aromatic carbocycles. The Labute approximate surface area is 121 Å². The van der Waals surface area contributed by atoms with Crippen molar-refractivity contribution < 1.29 is 14.1 Å². The Balaban J connectivity index is 2.08. The zero-order valence-corrected chi connectivity index (χ0v) is 11.5. The molecule has 110 valence electrons. The molecule has 6 heteroatoms. The highest BCUT2D eigenvalue weighted by Gasteiger charge is 2.18. The van der Waals surface area contributed by atoms with E-state index in [0.29, 0.717) is 6.54 Å². The highest BCUT2D eigenvalue weighted by Crippen LogP contribution is 2.32. The molecule has 0 aliphatic rings. The number of anilines is 1. The fraction of sp³-hybridized carbons (Fsp3) is 0.200. The molecule has 0 saturated heterocycles. The van der Waals surface area contributed by atoms with E-state index < -0.39 is 10.7 Å². The van der Waals surface area contributed by atoms with Gasteiger partial charge in [-0.25, -0.2) is 4.39 Å². The first-order valence-corrected chi connectivity index (χ1v) is 6.41. The van der Waals surface area contributed by atoms with E-state index in [1.165, 1.54) is 13.2 Å². The maximum atomic E-state index is 13.8. The predicted molar refractivity (Wildman–Crippen MR) is 78.2 cm³/mol. The van der Waals surface area contributed by atoms with Crippen LogP contribution in [0.3, 0.4) is 0 Å². The third kappa shape index (κ3) is 3.68. The number of benzene rings is 2. The molecular weight excluding hydrogens is 275 g/mol. The van der Waals surface area contributed by atoms with E-state index in [1.807, 2.05) is 30.3 Å². The first-order valence-electron chi connectivity index (χ1n) is 6.41. The minimum absolute atomic E-state index is 0.0311. The van der Waals surface area contributed by atoms with Crippen LogP contribution in [-0.2, 0) is 6.42 Å². The van der Waals surface area contributed by atoms with Gasteiger partial charge in [0.25, 0.3) is 0 Å². The van der Waals surface area contributed by atoms with Crippen molar-refractivity contribution >= 4 is 11.4 Å². The highest BCUT2D eigenvalue weighted by atomic mass is 19.1. The highest BCUT2D eigenvalue weighted by molar-refractivity contribution is 5.59. The molecule has 0 heterocycles. The van der Waals surface area contributed by atoms with Crippen LogP contribution in [0.5, 0.6) is 5.75 Å². The van der Waals surface area contributed by atoms with E-state index in [0.717, 1.165) is 18.1 Å². The molecule has 2 aromatic rings. The summed E-state index contributed by atoms with van der Waals surface area (Å²) in [7, 11) is 1.31. The van der Waals surface area contributed by atoms with Crippen LogP contribution < -0.4 is 10.1 Å². The Morgan fingerprint density at radius 2 is 2.00 bits per heavy atom. The first-order chi connectivity index (χ1) is 10.1. The summed E-state index contributed by atoms with van der Waals surface area (Å²) in [6.07, 6.45) is 0.722. The molecule has 0 atom stereocenters. The summed E-state index contributed by atoms with van der Waals surface area (Å²) >= 11 is 0. The third-order valence-corrected chi connectivity index (χ3v) is 3.04. The summed E-state index contributed by atoms with van der Waals surface area (Å²) in [4.78, 5) is 10.1. The van der Waals surface area contributed by atoms with Crippen molar-refractivity contribution in [2.75, 3.05) is 19.0 Å². The molecule has 0 saturated carbocycles. The zero-order chi connectivity index (χ0) is 15.2. The fourth-order valence-corrected chi connectivity index (χ4v) is 1.97. The van der Waals surface area contributed by atoms with Gasteiger partial charge in [-0.1, -0.05) is 30.3 Å². The second-order valence-electron chi connectivity index (χ2n) is 4.42. The molecule has 5 nitrogen and oxygen atoms in total. The van der Waals surface area contributed by atoms with Crippen molar-refractivity contribution in [2.24, 2.45) is 0 Å². The smallest absolute Gasteiger partial charge is 0.313 e. The fourth-order valence-electron chi connectivity index (χ4n) is 1.97. The van der Waals surface area contributed by atoms with E-state index in [1.54, 1.807) is 0 Å². The SMILES string of the molecule is COc1cc(NCCc2ccccc2)c(F)cc1[N+](=O)[O-]. The third-order valence-electron chi connectivity index (χ3n) is 3.04. The molecule has 0 aliphatic heterocycles. The van der Waals surface area contributed by atoms with E-state index >= 15 is 0 Å².